The van der Waals surface area contributed by atoms with Crippen LogP contribution < -0.4 is 0 Å². The molecule has 0 radical (unpaired) electrons. The Morgan fingerprint density at radius 3 is 0.633 bits per heavy atom. The number of hydrogen-bond donors (Lipinski definition) is 0. The number of hydrogen-bond acceptors (Lipinski definition) is 2. The van der Waals surface area contributed by atoms with Crippen molar-refractivity contribution in [3.05, 3.63) is 0 Å². The van der Waals surface area contributed by atoms with E-state index in [9.17, 15) is 0 Å². The van der Waals surface area contributed by atoms with Crippen molar-refractivity contribution >= 4 is 26.7 Å². The molecule has 0 amide bonds. The first kappa shape index (κ1) is 30.2. The Labute approximate surface area is 193 Å². The van der Waals surface area contributed by atoms with E-state index in [-0.39, 0.29) is 31.5 Å². The van der Waals surface area contributed by atoms with Gasteiger partial charge in [0.15, 0.2) is 0 Å². The largest absolute Gasteiger partial charge is 0.154 e. The smallest absolute Gasteiger partial charge is 0.0696 e. The van der Waals surface area contributed by atoms with Crippen LogP contribution in [-0.2, 0) is 0 Å². The molecule has 0 aromatic carbocycles. The molecule has 0 aromatic heterocycles. The lowest BCUT2D eigenvalue weighted by Gasteiger charge is -2.46. The highest BCUT2D eigenvalue weighted by Crippen LogP contribution is 2.65. The van der Waals surface area contributed by atoms with E-state index >= 15 is 0 Å². The van der Waals surface area contributed by atoms with E-state index in [0.29, 0.717) is 0 Å². The Morgan fingerprint density at radius 1 is 0.367 bits per heavy atom. The van der Waals surface area contributed by atoms with Crippen molar-refractivity contribution in [3.63, 3.8) is 0 Å². The summed E-state index contributed by atoms with van der Waals surface area (Å²) >= 11 is 0. The summed E-state index contributed by atoms with van der Waals surface area (Å²) in [5.41, 5.74) is 2.56. The van der Waals surface area contributed by atoms with Gasteiger partial charge in [-0.05, 0) is 36.5 Å². The Hall–Kier alpha value is 0.200. The zero-order chi connectivity index (χ0) is 24.7. The molecule has 0 aliphatic rings. The van der Waals surface area contributed by atoms with Gasteiger partial charge in [0.25, 0.3) is 0 Å². The summed E-state index contributed by atoms with van der Waals surface area (Å²) in [4.78, 5) is 0. The zero-order valence-electron chi connectivity index (χ0n) is 23.8. The van der Waals surface area contributed by atoms with Gasteiger partial charge in [0.05, 0.1) is 10.9 Å². The molecule has 0 aliphatic carbocycles. The summed E-state index contributed by atoms with van der Waals surface area (Å²) in [6.45, 7) is 42.3. The van der Waals surface area contributed by atoms with Gasteiger partial charge in [-0.3, -0.25) is 0 Å². The minimum atomic E-state index is -0.486. The van der Waals surface area contributed by atoms with Gasteiger partial charge in [-0.1, -0.05) is 125 Å². The van der Waals surface area contributed by atoms with E-state index in [1.165, 1.54) is 10.9 Å². The molecule has 30 heavy (non-hydrogen) atoms. The highest BCUT2D eigenvalue weighted by Gasteiger charge is 2.44. The van der Waals surface area contributed by atoms with Gasteiger partial charge >= 0.3 is 0 Å². The van der Waals surface area contributed by atoms with Crippen LogP contribution in [0.4, 0.5) is 0 Å². The molecule has 0 heterocycles. The van der Waals surface area contributed by atoms with E-state index in [1.54, 1.807) is 0 Å². The summed E-state index contributed by atoms with van der Waals surface area (Å²) in [5, 5.41) is 11.1. The average molecular weight is 457 g/mol. The van der Waals surface area contributed by atoms with Crippen LogP contribution in [-0.4, -0.2) is 31.5 Å². The van der Waals surface area contributed by atoms with Crippen LogP contribution in [0.5, 0.6) is 0 Å². The van der Waals surface area contributed by atoms with Crippen LogP contribution in [0.25, 0.3) is 0 Å². The van der Waals surface area contributed by atoms with Crippen molar-refractivity contribution in [2.75, 3.05) is 0 Å². The molecule has 0 saturated heterocycles. The molecular formula is C26H54N2P2. The quantitative estimate of drug-likeness (QED) is 0.229. The third kappa shape index (κ3) is 8.62. The number of rotatable bonds is 3. The molecule has 4 heteroatoms. The molecule has 0 aromatic rings. The van der Waals surface area contributed by atoms with Crippen LogP contribution in [0.1, 0.15) is 125 Å². The second kappa shape index (κ2) is 9.21. The van der Waals surface area contributed by atoms with Crippen molar-refractivity contribution < 1.29 is 0 Å². The maximum absolute atomic E-state index is 5.19. The summed E-state index contributed by atoms with van der Waals surface area (Å²) in [6, 6.07) is 0. The van der Waals surface area contributed by atoms with Crippen LogP contribution in [0, 0.1) is 10.8 Å². The predicted molar refractivity (Wildman–Crippen MR) is 147 cm³/mol. The Kier molecular flexibility index (Phi) is 9.28. The molecule has 0 fully saturated rings. The lowest BCUT2D eigenvalue weighted by Crippen LogP contribution is -2.36. The first-order valence-corrected chi connectivity index (χ1v) is 14.2. The van der Waals surface area contributed by atoms with Crippen molar-refractivity contribution in [3.8, 4) is 0 Å². The fourth-order valence-electron chi connectivity index (χ4n) is 4.44. The lowest BCUT2D eigenvalue weighted by atomic mass is 9.98. The zero-order valence-corrected chi connectivity index (χ0v) is 25.6. The van der Waals surface area contributed by atoms with E-state index < -0.39 is 15.8 Å². The van der Waals surface area contributed by atoms with Gasteiger partial charge < -0.3 is 0 Å². The summed E-state index contributed by atoms with van der Waals surface area (Å²) in [6.07, 6.45) is 0. The summed E-state index contributed by atoms with van der Waals surface area (Å²) in [7, 11) is -0.972. The van der Waals surface area contributed by atoms with E-state index in [1.807, 2.05) is 0 Å². The van der Waals surface area contributed by atoms with E-state index in [4.69, 9.17) is 10.2 Å². The van der Waals surface area contributed by atoms with Gasteiger partial charge in [-0.15, -0.1) is 0 Å². The standard InChI is InChI=1S/C26H54N2P2/c1-21(2,3)19(29(23(7,8)9)24(10,11)12)27-28-20(22(4,5)6)30(25(13,14)15)26(16,17)18/h1-18H3/b27-19-,28-20-. The van der Waals surface area contributed by atoms with Gasteiger partial charge in [0.2, 0.25) is 0 Å². The van der Waals surface area contributed by atoms with Crippen molar-refractivity contribution in [2.45, 2.75) is 145 Å². The van der Waals surface area contributed by atoms with Crippen molar-refractivity contribution in [2.24, 2.45) is 21.0 Å². The molecule has 0 unspecified atom stereocenters. The first-order chi connectivity index (χ1) is 12.7. The van der Waals surface area contributed by atoms with Crippen molar-refractivity contribution in [1.82, 2.24) is 0 Å². The molecular weight excluding hydrogens is 402 g/mol. The minimum absolute atomic E-state index is 0.00895. The lowest BCUT2D eigenvalue weighted by molar-refractivity contribution is 0.584. The predicted octanol–water partition coefficient (Wildman–Crippen LogP) is 9.95. The Morgan fingerprint density at radius 2 is 0.533 bits per heavy atom. The Balaban J connectivity index is 7.11. The van der Waals surface area contributed by atoms with Gasteiger partial charge in [0.1, 0.15) is 0 Å². The maximum atomic E-state index is 5.19. The van der Waals surface area contributed by atoms with Gasteiger partial charge in [0, 0.05) is 10.8 Å². The molecule has 0 spiro atoms. The fourth-order valence-corrected chi connectivity index (χ4v) is 12.6. The topological polar surface area (TPSA) is 24.7 Å². The van der Waals surface area contributed by atoms with Crippen molar-refractivity contribution in [1.29, 1.82) is 0 Å². The van der Waals surface area contributed by atoms with E-state index in [2.05, 4.69) is 125 Å². The van der Waals surface area contributed by atoms with Crippen LogP contribution >= 0.6 is 15.8 Å². The molecule has 0 N–H and O–H groups in total. The highest BCUT2D eigenvalue weighted by molar-refractivity contribution is 7.78. The molecule has 0 saturated carbocycles. The SMILES string of the molecule is CC(C)(C)/C(=N/N=C(\P(C(C)(C)C)C(C)(C)C)C(C)(C)C)P(C(C)(C)C)C(C)(C)C. The van der Waals surface area contributed by atoms with Crippen LogP contribution in [0.15, 0.2) is 10.2 Å². The van der Waals surface area contributed by atoms with Gasteiger partial charge in [-0.25, -0.2) is 0 Å². The van der Waals surface area contributed by atoms with Crippen LogP contribution in [0.2, 0.25) is 0 Å². The highest BCUT2D eigenvalue weighted by atomic mass is 31.1. The number of nitrogens with zero attached hydrogens (tertiary/aromatic N) is 2. The molecule has 0 bridgehead atoms. The molecule has 2 nitrogen and oxygen atoms in total. The molecule has 0 rings (SSSR count). The molecule has 178 valence electrons. The first-order valence-electron chi connectivity index (χ1n) is 11.5. The normalized spacial score (nSPS) is 16.7. The van der Waals surface area contributed by atoms with Gasteiger partial charge in [-0.2, -0.15) is 10.2 Å². The minimum Gasteiger partial charge on any atom is -0.154 e. The summed E-state index contributed by atoms with van der Waals surface area (Å²) < 4.78 is 0. The second-order valence-corrected chi connectivity index (χ2v) is 22.3. The maximum Gasteiger partial charge on any atom is 0.0696 e. The molecule has 0 atom stereocenters. The Bertz CT molecular complexity index is 545. The van der Waals surface area contributed by atoms with E-state index in [0.717, 1.165) is 0 Å². The summed E-state index contributed by atoms with van der Waals surface area (Å²) in [5.74, 6) is 0. The monoisotopic (exact) mass is 456 g/mol. The average Bonchev–Trinajstić information content (AvgIpc) is 2.32. The molecule has 0 aliphatic heterocycles. The third-order valence-corrected chi connectivity index (χ3v) is 12.4. The fraction of sp³-hybridized carbons (Fsp3) is 0.923. The third-order valence-electron chi connectivity index (χ3n) is 4.69. The second-order valence-electron chi connectivity index (χ2n) is 14.7. The van der Waals surface area contributed by atoms with Crippen LogP contribution in [0.3, 0.4) is 0 Å².